The van der Waals surface area contributed by atoms with Crippen molar-refractivity contribution in [3.05, 3.63) is 145 Å². The summed E-state index contributed by atoms with van der Waals surface area (Å²) in [4.78, 5) is 4.17. The number of ether oxygens (including phenoxy) is 4. The smallest absolute Gasteiger partial charge is 0.119 e. The SMILES string of the molecule is Cc1ccc(SC2OC(COCc3ccc(Cl)cc3)C(OCc3ccc(Cl)cc3)C(OCc3ccc(Cl)cc3)C2N=[N+]=[N-])cc1. The van der Waals surface area contributed by atoms with Crippen LogP contribution in [-0.2, 0) is 38.8 Å². The summed E-state index contributed by atoms with van der Waals surface area (Å²) in [5.74, 6) is 0. The Morgan fingerprint density at radius 2 is 1.20 bits per heavy atom. The van der Waals surface area contributed by atoms with Gasteiger partial charge in [0.25, 0.3) is 0 Å². The number of thioether (sulfide) groups is 1. The van der Waals surface area contributed by atoms with Crippen molar-refractivity contribution in [3.8, 4) is 0 Å². The number of aryl methyl sites for hydroxylation is 1. The van der Waals surface area contributed by atoms with Crippen LogP contribution in [0.15, 0.2) is 107 Å². The molecule has 0 saturated carbocycles. The van der Waals surface area contributed by atoms with Crippen LogP contribution in [0.1, 0.15) is 22.3 Å². The molecule has 5 unspecified atom stereocenters. The molecule has 7 nitrogen and oxygen atoms in total. The van der Waals surface area contributed by atoms with Gasteiger partial charge in [0.15, 0.2) is 0 Å². The zero-order valence-corrected chi connectivity index (χ0v) is 27.6. The number of rotatable bonds is 13. The van der Waals surface area contributed by atoms with Crippen molar-refractivity contribution in [2.24, 2.45) is 5.11 Å². The highest BCUT2D eigenvalue weighted by Gasteiger charge is 2.47. The highest BCUT2D eigenvalue weighted by Crippen LogP contribution is 2.38. The van der Waals surface area contributed by atoms with Gasteiger partial charge in [0.05, 0.1) is 32.5 Å². The second kappa shape index (κ2) is 16.7. The molecule has 0 amide bonds. The van der Waals surface area contributed by atoms with Gasteiger partial charge in [0.1, 0.15) is 23.7 Å². The van der Waals surface area contributed by atoms with Gasteiger partial charge in [-0.3, -0.25) is 0 Å². The summed E-state index contributed by atoms with van der Waals surface area (Å²) in [6, 6.07) is 29.8. The number of benzene rings is 4. The lowest BCUT2D eigenvalue weighted by Crippen LogP contribution is -2.58. The molecule has 1 saturated heterocycles. The zero-order valence-electron chi connectivity index (χ0n) is 24.5. The number of azide groups is 1. The Labute approximate surface area is 282 Å². The zero-order chi connectivity index (χ0) is 31.6. The first-order valence-corrected chi connectivity index (χ1v) is 16.4. The van der Waals surface area contributed by atoms with Gasteiger partial charge >= 0.3 is 0 Å². The summed E-state index contributed by atoms with van der Waals surface area (Å²) in [6.45, 7) is 3.11. The third kappa shape index (κ3) is 9.87. The summed E-state index contributed by atoms with van der Waals surface area (Å²) in [6.07, 6.45) is -1.85. The number of nitrogens with zero attached hydrogens (tertiary/aromatic N) is 3. The summed E-state index contributed by atoms with van der Waals surface area (Å²) in [5, 5.41) is 6.14. The van der Waals surface area contributed by atoms with Gasteiger partial charge < -0.3 is 18.9 Å². The minimum absolute atomic E-state index is 0.211. The molecule has 0 aliphatic carbocycles. The van der Waals surface area contributed by atoms with E-state index in [4.69, 9.17) is 53.8 Å². The van der Waals surface area contributed by atoms with E-state index in [0.29, 0.717) is 21.7 Å². The van der Waals surface area contributed by atoms with Crippen LogP contribution in [0.3, 0.4) is 0 Å². The Bertz CT molecular complexity index is 1550. The molecule has 1 aliphatic heterocycles. The Morgan fingerprint density at radius 3 is 1.71 bits per heavy atom. The molecule has 0 bridgehead atoms. The largest absolute Gasteiger partial charge is 0.374 e. The first-order chi connectivity index (χ1) is 21.9. The maximum Gasteiger partial charge on any atom is 0.119 e. The molecule has 0 N–H and O–H groups in total. The summed E-state index contributed by atoms with van der Waals surface area (Å²) < 4.78 is 26.0. The van der Waals surface area contributed by atoms with Crippen LogP contribution in [0.25, 0.3) is 10.4 Å². The summed E-state index contributed by atoms with van der Waals surface area (Å²) in [7, 11) is 0. The van der Waals surface area contributed by atoms with Crippen molar-refractivity contribution in [1.82, 2.24) is 0 Å². The normalized spacial score (nSPS) is 21.3. The Kier molecular flexibility index (Phi) is 12.5. The van der Waals surface area contributed by atoms with E-state index in [1.54, 1.807) is 0 Å². The van der Waals surface area contributed by atoms with Crippen LogP contribution in [0.2, 0.25) is 15.1 Å². The molecule has 45 heavy (non-hydrogen) atoms. The van der Waals surface area contributed by atoms with Gasteiger partial charge in [-0.1, -0.05) is 106 Å². The molecule has 0 aromatic heterocycles. The van der Waals surface area contributed by atoms with E-state index in [9.17, 15) is 5.53 Å². The Hall–Kier alpha value is -2.75. The van der Waals surface area contributed by atoms with Crippen LogP contribution < -0.4 is 0 Å². The predicted molar refractivity (Wildman–Crippen MR) is 180 cm³/mol. The predicted octanol–water partition coefficient (Wildman–Crippen LogP) is 9.84. The van der Waals surface area contributed by atoms with Crippen molar-refractivity contribution in [2.45, 2.75) is 61.4 Å². The fourth-order valence-electron chi connectivity index (χ4n) is 4.87. The fourth-order valence-corrected chi connectivity index (χ4v) is 6.36. The van der Waals surface area contributed by atoms with Gasteiger partial charge in [0.2, 0.25) is 0 Å². The average Bonchev–Trinajstić information content (AvgIpc) is 3.04. The van der Waals surface area contributed by atoms with Crippen LogP contribution >= 0.6 is 46.6 Å². The lowest BCUT2D eigenvalue weighted by Gasteiger charge is -2.44. The Morgan fingerprint density at radius 1 is 0.711 bits per heavy atom. The van der Waals surface area contributed by atoms with Gasteiger partial charge in [-0.25, -0.2) is 0 Å². The molecular weight excluding hydrogens is 653 g/mol. The molecule has 1 aliphatic rings. The van der Waals surface area contributed by atoms with E-state index in [2.05, 4.69) is 10.0 Å². The van der Waals surface area contributed by atoms with Gasteiger partial charge in [-0.05, 0) is 77.7 Å². The fraction of sp³-hybridized carbons (Fsp3) is 0.294. The maximum absolute atomic E-state index is 9.68. The van der Waals surface area contributed by atoms with E-state index in [-0.39, 0.29) is 19.8 Å². The van der Waals surface area contributed by atoms with E-state index in [1.165, 1.54) is 11.8 Å². The molecule has 5 rings (SSSR count). The minimum Gasteiger partial charge on any atom is -0.374 e. The molecule has 11 heteroatoms. The van der Waals surface area contributed by atoms with Crippen LogP contribution in [-0.4, -0.2) is 36.4 Å². The van der Waals surface area contributed by atoms with Gasteiger partial charge in [-0.2, -0.15) is 0 Å². The van der Waals surface area contributed by atoms with Gasteiger partial charge in [0, 0.05) is 24.9 Å². The molecule has 4 aromatic carbocycles. The molecule has 0 spiro atoms. The van der Waals surface area contributed by atoms with Crippen molar-refractivity contribution in [3.63, 3.8) is 0 Å². The van der Waals surface area contributed by atoms with Crippen LogP contribution in [0.4, 0.5) is 0 Å². The topological polar surface area (TPSA) is 85.7 Å². The molecule has 5 atom stereocenters. The molecule has 234 valence electrons. The second-order valence-electron chi connectivity index (χ2n) is 10.6. The number of hydrogen-bond acceptors (Lipinski definition) is 6. The lowest BCUT2D eigenvalue weighted by molar-refractivity contribution is -0.211. The first-order valence-electron chi connectivity index (χ1n) is 14.4. The number of halogens is 3. The second-order valence-corrected chi connectivity index (χ2v) is 13.1. The van der Waals surface area contributed by atoms with Crippen LogP contribution in [0, 0.1) is 6.92 Å². The van der Waals surface area contributed by atoms with Crippen molar-refractivity contribution in [2.75, 3.05) is 6.61 Å². The van der Waals surface area contributed by atoms with Gasteiger partial charge in [-0.15, -0.1) is 0 Å². The third-order valence-electron chi connectivity index (χ3n) is 7.25. The standard InChI is InChI=1S/C34H32Cl3N3O4S/c1-22-2-16-29(17-3-22)45-34-31(39-40-38)33(43-20-25-8-14-28(37)15-9-25)32(42-19-24-6-12-27(36)13-7-24)30(44-34)21-41-18-23-4-10-26(35)11-5-23/h2-17,30-34H,18-21H2,1H3. The molecule has 1 heterocycles. The molecule has 0 radical (unpaired) electrons. The van der Waals surface area contributed by atoms with Crippen LogP contribution in [0.5, 0.6) is 0 Å². The highest BCUT2D eigenvalue weighted by atomic mass is 35.5. The summed E-state index contributed by atoms with van der Waals surface area (Å²) in [5.41, 5.74) is 13.1. The molecule has 4 aromatic rings. The van der Waals surface area contributed by atoms with Crippen molar-refractivity contribution < 1.29 is 18.9 Å². The monoisotopic (exact) mass is 683 g/mol. The maximum atomic E-state index is 9.68. The quantitative estimate of drug-likeness (QED) is 0.0795. The Balaban J connectivity index is 1.44. The molecule has 1 fully saturated rings. The average molecular weight is 685 g/mol. The number of hydrogen-bond donors (Lipinski definition) is 0. The van der Waals surface area contributed by atoms with E-state index in [1.807, 2.05) is 104 Å². The summed E-state index contributed by atoms with van der Waals surface area (Å²) >= 11 is 19.8. The third-order valence-corrected chi connectivity index (χ3v) is 9.17. The molecular formula is C34H32Cl3N3O4S. The first kappa shape index (κ1) is 33.6. The van der Waals surface area contributed by atoms with E-state index < -0.39 is 29.8 Å². The van der Waals surface area contributed by atoms with Crippen molar-refractivity contribution in [1.29, 1.82) is 0 Å². The van der Waals surface area contributed by atoms with E-state index >= 15 is 0 Å². The highest BCUT2D eigenvalue weighted by molar-refractivity contribution is 7.99. The van der Waals surface area contributed by atoms with Crippen molar-refractivity contribution >= 4 is 46.6 Å². The van der Waals surface area contributed by atoms with E-state index in [0.717, 1.165) is 27.1 Å². The minimum atomic E-state index is -0.712. The lowest BCUT2D eigenvalue weighted by atomic mass is 9.97.